The molecule has 0 saturated heterocycles. The predicted molar refractivity (Wildman–Crippen MR) is 159 cm³/mol. The molecule has 10 nitrogen and oxygen atoms in total. The Morgan fingerprint density at radius 3 is 2.50 bits per heavy atom. The molecule has 1 aliphatic rings. The van der Waals surface area contributed by atoms with E-state index in [9.17, 15) is 4.79 Å². The molecule has 4 heterocycles. The van der Waals surface area contributed by atoms with E-state index in [1.807, 2.05) is 74.5 Å². The second kappa shape index (κ2) is 11.9. The van der Waals surface area contributed by atoms with Crippen LogP contribution in [0.15, 0.2) is 109 Å². The molecule has 1 atom stereocenters. The van der Waals surface area contributed by atoms with Crippen LogP contribution in [0.1, 0.15) is 31.0 Å². The van der Waals surface area contributed by atoms with Gasteiger partial charge in [-0.3, -0.25) is 14.8 Å². The van der Waals surface area contributed by atoms with E-state index in [4.69, 9.17) is 19.6 Å². The van der Waals surface area contributed by atoms with Gasteiger partial charge in [0.15, 0.2) is 17.3 Å². The quantitative estimate of drug-likeness (QED) is 0.238. The van der Waals surface area contributed by atoms with Crippen molar-refractivity contribution in [1.29, 1.82) is 0 Å². The second-order valence-corrected chi connectivity index (χ2v) is 9.62. The highest BCUT2D eigenvalue weighted by Gasteiger charge is 2.35. The topological polar surface area (TPSA) is 116 Å². The molecule has 2 N–H and O–H groups in total. The summed E-state index contributed by atoms with van der Waals surface area (Å²) in [5.41, 5.74) is 4.31. The number of aromatic nitrogens is 5. The van der Waals surface area contributed by atoms with Gasteiger partial charge in [-0.2, -0.15) is 4.98 Å². The Bertz CT molecular complexity index is 1720. The van der Waals surface area contributed by atoms with Crippen LogP contribution in [0.2, 0.25) is 0 Å². The van der Waals surface area contributed by atoms with Crippen molar-refractivity contribution in [3.05, 3.63) is 120 Å². The Kier molecular flexibility index (Phi) is 7.58. The zero-order valence-electron chi connectivity index (χ0n) is 23.2. The monoisotopic (exact) mass is 559 g/mol. The van der Waals surface area contributed by atoms with Gasteiger partial charge in [0.25, 0.3) is 5.91 Å². The molecule has 1 aliphatic heterocycles. The minimum absolute atomic E-state index is 0.288. The minimum atomic E-state index is -0.613. The maximum Gasteiger partial charge on any atom is 0.255 e. The normalized spacial score (nSPS) is 14.1. The van der Waals surface area contributed by atoms with Crippen LogP contribution in [0.3, 0.4) is 0 Å². The van der Waals surface area contributed by atoms with E-state index < -0.39 is 6.04 Å². The van der Waals surface area contributed by atoms with Gasteiger partial charge in [0.2, 0.25) is 5.95 Å². The Morgan fingerprint density at radius 2 is 1.76 bits per heavy atom. The summed E-state index contributed by atoms with van der Waals surface area (Å²) in [6.07, 6.45) is 6.67. The second-order valence-electron chi connectivity index (χ2n) is 9.62. The summed E-state index contributed by atoms with van der Waals surface area (Å²) in [5.74, 6) is 1.89. The lowest BCUT2D eigenvalue weighted by atomic mass is 9.94. The van der Waals surface area contributed by atoms with Crippen LogP contribution in [0.5, 0.6) is 11.5 Å². The molecule has 5 aromatic rings. The van der Waals surface area contributed by atoms with Crippen molar-refractivity contribution >= 4 is 17.5 Å². The first-order valence-electron chi connectivity index (χ1n) is 13.6. The molecule has 1 amide bonds. The molecule has 42 heavy (non-hydrogen) atoms. The van der Waals surface area contributed by atoms with E-state index in [1.165, 1.54) is 0 Å². The summed E-state index contributed by atoms with van der Waals surface area (Å²) < 4.78 is 13.9. The number of pyridine rings is 2. The zero-order chi connectivity index (χ0) is 28.9. The standard InChI is InChI=1S/C32H29N7O3/c1-3-41-27-17-23(13-14-26(27)42-20-22-9-5-4-6-10-22)29-28(31(40)36-25-12-8-16-34-19-25)21(2)35-32-37-30(38-39(29)32)24-11-7-15-33-18-24/h4-19,29H,3,20H2,1-2H3,(H,36,40)(H,35,37,38). The van der Waals surface area contributed by atoms with Gasteiger partial charge in [0.1, 0.15) is 12.6 Å². The number of carbonyl (C=O) groups is 1. The predicted octanol–water partition coefficient (Wildman–Crippen LogP) is 5.64. The first-order chi connectivity index (χ1) is 20.6. The number of carbonyl (C=O) groups excluding carboxylic acids is 1. The van der Waals surface area contributed by atoms with Gasteiger partial charge >= 0.3 is 0 Å². The van der Waals surface area contributed by atoms with Gasteiger partial charge in [-0.15, -0.1) is 5.10 Å². The van der Waals surface area contributed by atoms with Crippen molar-refractivity contribution in [2.24, 2.45) is 0 Å². The molecule has 210 valence electrons. The number of anilines is 2. The zero-order valence-corrected chi connectivity index (χ0v) is 23.2. The number of hydrogen-bond acceptors (Lipinski definition) is 8. The van der Waals surface area contributed by atoms with Crippen LogP contribution >= 0.6 is 0 Å². The largest absolute Gasteiger partial charge is 0.490 e. The summed E-state index contributed by atoms with van der Waals surface area (Å²) in [4.78, 5) is 26.9. The molecule has 1 unspecified atom stereocenters. The lowest BCUT2D eigenvalue weighted by Crippen LogP contribution is -2.31. The Balaban J connectivity index is 1.41. The van der Waals surface area contributed by atoms with Crippen LogP contribution in [0, 0.1) is 0 Å². The number of benzene rings is 2. The third-order valence-electron chi connectivity index (χ3n) is 6.76. The molecular formula is C32H29N7O3. The third-order valence-corrected chi connectivity index (χ3v) is 6.76. The van der Waals surface area contributed by atoms with Crippen molar-refractivity contribution in [3.8, 4) is 22.9 Å². The molecule has 0 aliphatic carbocycles. The van der Waals surface area contributed by atoms with E-state index in [2.05, 4.69) is 20.6 Å². The van der Waals surface area contributed by atoms with Crippen molar-refractivity contribution in [2.45, 2.75) is 26.5 Å². The lowest BCUT2D eigenvalue weighted by molar-refractivity contribution is -0.113. The molecular weight excluding hydrogens is 530 g/mol. The first-order valence-corrected chi connectivity index (χ1v) is 13.6. The summed E-state index contributed by atoms with van der Waals surface area (Å²) in [5, 5.41) is 11.1. The highest BCUT2D eigenvalue weighted by Crippen LogP contribution is 2.40. The molecule has 0 saturated carbocycles. The van der Waals surface area contributed by atoms with Gasteiger partial charge in [0.05, 0.1) is 24.1 Å². The number of nitrogens with one attached hydrogen (secondary N) is 2. The molecule has 0 bridgehead atoms. The summed E-state index contributed by atoms with van der Waals surface area (Å²) >= 11 is 0. The average Bonchev–Trinajstić information content (AvgIpc) is 3.45. The minimum Gasteiger partial charge on any atom is -0.490 e. The number of fused-ring (bicyclic) bond motifs is 1. The SMILES string of the molecule is CCOc1cc(C2C(C(=O)Nc3cccnc3)=C(C)Nc3nc(-c4cccnc4)nn32)ccc1OCc1ccccc1. The molecule has 2 aromatic carbocycles. The first kappa shape index (κ1) is 26.7. The summed E-state index contributed by atoms with van der Waals surface area (Å²) in [6, 6.07) is 22.3. The van der Waals surface area contributed by atoms with Crippen molar-refractivity contribution in [2.75, 3.05) is 17.2 Å². The lowest BCUT2D eigenvalue weighted by Gasteiger charge is -2.29. The number of ether oxygens (including phenoxy) is 2. The number of nitrogens with zero attached hydrogens (tertiary/aromatic N) is 5. The fraction of sp³-hybridized carbons (Fsp3) is 0.156. The third kappa shape index (κ3) is 5.55. The van der Waals surface area contributed by atoms with Crippen LogP contribution in [0.25, 0.3) is 11.4 Å². The van der Waals surface area contributed by atoms with E-state index in [0.717, 1.165) is 16.7 Å². The molecule has 6 rings (SSSR count). The highest BCUT2D eigenvalue weighted by atomic mass is 16.5. The van der Waals surface area contributed by atoms with E-state index in [-0.39, 0.29) is 5.91 Å². The van der Waals surface area contributed by atoms with E-state index in [1.54, 1.807) is 41.6 Å². The smallest absolute Gasteiger partial charge is 0.255 e. The fourth-order valence-corrected chi connectivity index (χ4v) is 4.82. The van der Waals surface area contributed by atoms with Crippen LogP contribution in [-0.2, 0) is 11.4 Å². The maximum atomic E-state index is 13.8. The maximum absolute atomic E-state index is 13.8. The molecule has 0 spiro atoms. The molecule has 0 fully saturated rings. The number of rotatable bonds is 9. The number of amides is 1. The average molecular weight is 560 g/mol. The van der Waals surface area contributed by atoms with Gasteiger partial charge in [-0.1, -0.05) is 36.4 Å². The molecule has 10 heteroatoms. The Hall–Kier alpha value is -5.51. The Morgan fingerprint density at radius 1 is 0.952 bits per heavy atom. The van der Waals surface area contributed by atoms with Gasteiger partial charge in [-0.25, -0.2) is 4.68 Å². The van der Waals surface area contributed by atoms with Crippen molar-refractivity contribution in [3.63, 3.8) is 0 Å². The molecule has 3 aromatic heterocycles. The van der Waals surface area contributed by atoms with Gasteiger partial charge in [-0.05, 0) is 61.4 Å². The number of allylic oxidation sites excluding steroid dienone is 1. The van der Waals surface area contributed by atoms with E-state index >= 15 is 0 Å². The van der Waals surface area contributed by atoms with Crippen LogP contribution in [0.4, 0.5) is 11.6 Å². The molecule has 0 radical (unpaired) electrons. The van der Waals surface area contributed by atoms with Gasteiger partial charge < -0.3 is 20.1 Å². The number of hydrogen-bond donors (Lipinski definition) is 2. The van der Waals surface area contributed by atoms with Crippen LogP contribution in [-0.4, -0.2) is 37.2 Å². The summed E-state index contributed by atoms with van der Waals surface area (Å²) in [6.45, 7) is 4.62. The summed E-state index contributed by atoms with van der Waals surface area (Å²) in [7, 11) is 0. The van der Waals surface area contributed by atoms with Crippen molar-refractivity contribution in [1.82, 2.24) is 24.7 Å². The highest BCUT2D eigenvalue weighted by molar-refractivity contribution is 6.06. The van der Waals surface area contributed by atoms with Gasteiger partial charge in [0, 0.05) is 29.9 Å². The van der Waals surface area contributed by atoms with Crippen LogP contribution < -0.4 is 20.1 Å². The van der Waals surface area contributed by atoms with E-state index in [0.29, 0.717) is 53.4 Å². The fourth-order valence-electron chi connectivity index (χ4n) is 4.82. The van der Waals surface area contributed by atoms with Crippen molar-refractivity contribution < 1.29 is 14.3 Å². The Labute approximate surface area is 243 Å².